The second-order valence-corrected chi connectivity index (χ2v) is 6.22. The van der Waals surface area contributed by atoms with Gasteiger partial charge in [-0.25, -0.2) is 13.1 Å². The maximum atomic E-state index is 12.5. The first-order valence-electron chi connectivity index (χ1n) is 6.63. The number of aromatic nitrogens is 4. The van der Waals surface area contributed by atoms with Crippen molar-refractivity contribution in [3.63, 3.8) is 0 Å². The van der Waals surface area contributed by atoms with E-state index in [1.807, 2.05) is 6.92 Å². The standard InChI is InChI=1S/C12H18N6O2S/c1-3-8-13-10-6-4-5-7-11(10)21(19,20)16-9(2)12-14-17-18-15-12/h4-7,9,13,16H,3,8H2,1-2H3,(H,14,15,17,18). The Hall–Kier alpha value is -2.00. The number of sulfonamides is 1. The summed E-state index contributed by atoms with van der Waals surface area (Å²) in [6.45, 7) is 4.37. The van der Waals surface area contributed by atoms with Crippen LogP contribution in [0.5, 0.6) is 0 Å². The molecular weight excluding hydrogens is 292 g/mol. The Kier molecular flexibility index (Phi) is 4.86. The number of nitrogens with zero attached hydrogens (tertiary/aromatic N) is 3. The van der Waals surface area contributed by atoms with Gasteiger partial charge in [-0.3, -0.25) is 0 Å². The van der Waals surface area contributed by atoms with Crippen molar-refractivity contribution in [3.8, 4) is 0 Å². The van der Waals surface area contributed by atoms with Gasteiger partial charge in [-0.05, 0) is 25.5 Å². The van der Waals surface area contributed by atoms with Crippen molar-refractivity contribution < 1.29 is 8.42 Å². The second-order valence-electron chi connectivity index (χ2n) is 4.54. The van der Waals surface area contributed by atoms with E-state index < -0.39 is 16.1 Å². The van der Waals surface area contributed by atoms with E-state index >= 15 is 0 Å². The molecule has 1 heterocycles. The number of hydrogen-bond donors (Lipinski definition) is 3. The maximum Gasteiger partial charge on any atom is 0.243 e. The third-order valence-electron chi connectivity index (χ3n) is 2.82. The number of H-pyrrole nitrogens is 1. The Morgan fingerprint density at radius 1 is 1.33 bits per heavy atom. The Labute approximate surface area is 123 Å². The normalized spacial score (nSPS) is 13.0. The molecule has 0 saturated carbocycles. The molecule has 2 aromatic rings. The summed E-state index contributed by atoms with van der Waals surface area (Å²) in [4.78, 5) is 0.203. The van der Waals surface area contributed by atoms with Gasteiger partial charge >= 0.3 is 0 Å². The minimum atomic E-state index is -3.68. The highest BCUT2D eigenvalue weighted by atomic mass is 32.2. The topological polar surface area (TPSA) is 113 Å². The summed E-state index contributed by atoms with van der Waals surface area (Å²) in [6.07, 6.45) is 0.904. The summed E-state index contributed by atoms with van der Waals surface area (Å²) in [5, 5.41) is 16.4. The second kappa shape index (κ2) is 6.64. The molecule has 9 heteroatoms. The van der Waals surface area contributed by atoms with Gasteiger partial charge in [0.1, 0.15) is 4.90 Å². The lowest BCUT2D eigenvalue weighted by molar-refractivity contribution is 0.560. The SMILES string of the molecule is CCCNc1ccccc1S(=O)(=O)NC(C)c1nn[nH]n1. The van der Waals surface area contributed by atoms with Crippen molar-refractivity contribution in [1.82, 2.24) is 25.3 Å². The highest BCUT2D eigenvalue weighted by molar-refractivity contribution is 7.89. The molecule has 0 fully saturated rings. The van der Waals surface area contributed by atoms with E-state index in [4.69, 9.17) is 0 Å². The lowest BCUT2D eigenvalue weighted by Gasteiger charge is -2.15. The number of rotatable bonds is 7. The zero-order chi connectivity index (χ0) is 15.3. The van der Waals surface area contributed by atoms with Crippen LogP contribution in [0, 0.1) is 0 Å². The molecule has 0 bridgehead atoms. The number of anilines is 1. The number of tetrazole rings is 1. The van der Waals surface area contributed by atoms with Gasteiger partial charge in [0.05, 0.1) is 11.7 Å². The molecule has 0 radical (unpaired) electrons. The first-order chi connectivity index (χ1) is 10.0. The molecule has 1 aromatic heterocycles. The summed E-state index contributed by atoms with van der Waals surface area (Å²) in [6, 6.07) is 6.20. The third kappa shape index (κ3) is 3.76. The van der Waals surface area contributed by atoms with Crippen molar-refractivity contribution in [2.24, 2.45) is 0 Å². The van der Waals surface area contributed by atoms with E-state index in [0.29, 0.717) is 12.2 Å². The Balaban J connectivity index is 2.23. The molecule has 0 aliphatic heterocycles. The first kappa shape index (κ1) is 15.4. The van der Waals surface area contributed by atoms with Crippen molar-refractivity contribution in [1.29, 1.82) is 0 Å². The van der Waals surface area contributed by atoms with E-state index in [1.54, 1.807) is 31.2 Å². The fourth-order valence-corrected chi connectivity index (χ4v) is 3.19. The van der Waals surface area contributed by atoms with Crippen LogP contribution in [-0.2, 0) is 10.0 Å². The molecule has 8 nitrogen and oxygen atoms in total. The number of nitrogens with one attached hydrogen (secondary N) is 3. The Morgan fingerprint density at radius 3 is 2.76 bits per heavy atom. The van der Waals surface area contributed by atoms with Crippen LogP contribution in [0.2, 0.25) is 0 Å². The zero-order valence-electron chi connectivity index (χ0n) is 11.9. The summed E-state index contributed by atoms with van der Waals surface area (Å²) in [5.74, 6) is 0.289. The number of benzene rings is 1. The molecule has 2 rings (SSSR count). The molecule has 0 spiro atoms. The first-order valence-corrected chi connectivity index (χ1v) is 8.11. The average Bonchev–Trinajstić information content (AvgIpc) is 2.99. The minimum Gasteiger partial charge on any atom is -0.384 e. The minimum absolute atomic E-state index is 0.203. The van der Waals surface area contributed by atoms with Gasteiger partial charge in [-0.1, -0.05) is 24.3 Å². The molecule has 0 amide bonds. The highest BCUT2D eigenvalue weighted by Crippen LogP contribution is 2.22. The molecule has 1 aromatic carbocycles. The fraction of sp³-hybridized carbons (Fsp3) is 0.417. The number of hydrogen-bond acceptors (Lipinski definition) is 6. The summed E-state index contributed by atoms with van der Waals surface area (Å²) in [7, 11) is -3.68. The number of aromatic amines is 1. The average molecular weight is 310 g/mol. The van der Waals surface area contributed by atoms with Gasteiger partial charge in [0.15, 0.2) is 5.82 Å². The third-order valence-corrected chi connectivity index (χ3v) is 4.42. The van der Waals surface area contributed by atoms with Gasteiger partial charge in [0.2, 0.25) is 10.0 Å². The van der Waals surface area contributed by atoms with E-state index in [-0.39, 0.29) is 10.7 Å². The largest absolute Gasteiger partial charge is 0.384 e. The van der Waals surface area contributed by atoms with Crippen molar-refractivity contribution in [2.45, 2.75) is 31.2 Å². The van der Waals surface area contributed by atoms with E-state index in [0.717, 1.165) is 6.42 Å². The maximum absolute atomic E-state index is 12.5. The summed E-state index contributed by atoms with van der Waals surface area (Å²) in [5.41, 5.74) is 0.576. The van der Waals surface area contributed by atoms with E-state index in [1.165, 1.54) is 0 Å². The van der Waals surface area contributed by atoms with Crippen LogP contribution in [-0.4, -0.2) is 35.6 Å². The number of para-hydroxylation sites is 1. The van der Waals surface area contributed by atoms with Crippen molar-refractivity contribution >= 4 is 15.7 Å². The molecular formula is C12H18N6O2S. The van der Waals surface area contributed by atoms with Crippen LogP contribution in [0.15, 0.2) is 29.2 Å². The lowest BCUT2D eigenvalue weighted by atomic mass is 10.3. The Morgan fingerprint density at radius 2 is 2.10 bits per heavy atom. The molecule has 0 aliphatic rings. The molecule has 1 atom stereocenters. The molecule has 1 unspecified atom stereocenters. The van der Waals surface area contributed by atoms with Gasteiger partial charge in [-0.15, -0.1) is 10.2 Å². The monoisotopic (exact) mass is 310 g/mol. The zero-order valence-corrected chi connectivity index (χ0v) is 12.7. The smallest absolute Gasteiger partial charge is 0.243 e. The van der Waals surface area contributed by atoms with Crippen LogP contribution >= 0.6 is 0 Å². The molecule has 21 heavy (non-hydrogen) atoms. The van der Waals surface area contributed by atoms with Crippen molar-refractivity contribution in [3.05, 3.63) is 30.1 Å². The van der Waals surface area contributed by atoms with Gasteiger partial charge in [-0.2, -0.15) is 5.21 Å². The highest BCUT2D eigenvalue weighted by Gasteiger charge is 2.23. The van der Waals surface area contributed by atoms with Crippen LogP contribution in [0.1, 0.15) is 32.1 Å². The fourth-order valence-electron chi connectivity index (χ4n) is 1.81. The predicted octanol–water partition coefficient (Wildman–Crippen LogP) is 1.06. The summed E-state index contributed by atoms with van der Waals surface area (Å²) < 4.78 is 27.5. The lowest BCUT2D eigenvalue weighted by Crippen LogP contribution is -2.28. The van der Waals surface area contributed by atoms with E-state index in [9.17, 15) is 8.42 Å². The van der Waals surface area contributed by atoms with Crippen LogP contribution < -0.4 is 10.0 Å². The predicted molar refractivity (Wildman–Crippen MR) is 78.1 cm³/mol. The van der Waals surface area contributed by atoms with Crippen LogP contribution in [0.4, 0.5) is 5.69 Å². The molecule has 0 saturated heterocycles. The molecule has 114 valence electrons. The molecule has 0 aliphatic carbocycles. The van der Waals surface area contributed by atoms with Gasteiger partial charge in [0, 0.05) is 6.54 Å². The van der Waals surface area contributed by atoms with E-state index in [2.05, 4.69) is 30.7 Å². The summed E-state index contributed by atoms with van der Waals surface area (Å²) >= 11 is 0. The van der Waals surface area contributed by atoms with Gasteiger partial charge < -0.3 is 5.32 Å². The van der Waals surface area contributed by atoms with Crippen molar-refractivity contribution in [2.75, 3.05) is 11.9 Å². The molecule has 3 N–H and O–H groups in total. The van der Waals surface area contributed by atoms with Gasteiger partial charge in [0.25, 0.3) is 0 Å². The van der Waals surface area contributed by atoms with Crippen LogP contribution in [0.25, 0.3) is 0 Å². The quantitative estimate of drug-likeness (QED) is 0.705. The Bertz CT molecular complexity index is 671. The van der Waals surface area contributed by atoms with Crippen LogP contribution in [0.3, 0.4) is 0 Å².